The second-order valence-electron chi connectivity index (χ2n) is 6.65. The summed E-state index contributed by atoms with van der Waals surface area (Å²) in [6.07, 6.45) is 5.58. The maximum absolute atomic E-state index is 12.8. The van der Waals surface area contributed by atoms with Crippen LogP contribution in [0.5, 0.6) is 0 Å². The van der Waals surface area contributed by atoms with E-state index in [1.807, 2.05) is 70.1 Å². The molecule has 5 heteroatoms. The minimum atomic E-state index is 0.137. The van der Waals surface area contributed by atoms with E-state index in [0.29, 0.717) is 0 Å². The summed E-state index contributed by atoms with van der Waals surface area (Å²) in [5.41, 5.74) is 1.84. The summed E-state index contributed by atoms with van der Waals surface area (Å²) >= 11 is 0. The molecule has 132 valence electrons. The molecule has 1 aliphatic rings. The predicted octanol–water partition coefficient (Wildman–Crippen LogP) is 3.50. The molecule has 4 rings (SSSR count). The molecule has 0 saturated carbocycles. The lowest BCUT2D eigenvalue weighted by atomic mass is 10.1. The first-order chi connectivity index (χ1) is 12.8. The Hall–Kier alpha value is -2.95. The molecule has 1 amide bonds. The highest BCUT2D eigenvalue weighted by Gasteiger charge is 2.29. The zero-order valence-electron chi connectivity index (χ0n) is 14.7. The third-order valence-corrected chi connectivity index (χ3v) is 5.01. The smallest absolute Gasteiger partial charge is 0.254 e. The molecule has 1 fully saturated rings. The lowest BCUT2D eigenvalue weighted by molar-refractivity contribution is 0.0730. The average Bonchev–Trinajstić information content (AvgIpc) is 3.36. The molecular weight excluding hydrogens is 324 g/mol. The summed E-state index contributed by atoms with van der Waals surface area (Å²) in [5, 5.41) is 8.37. The van der Waals surface area contributed by atoms with Gasteiger partial charge < -0.3 is 4.90 Å². The number of amides is 1. The van der Waals surface area contributed by atoms with Gasteiger partial charge in [-0.15, -0.1) is 10.2 Å². The van der Waals surface area contributed by atoms with Gasteiger partial charge in [0.25, 0.3) is 5.91 Å². The van der Waals surface area contributed by atoms with E-state index in [-0.39, 0.29) is 11.9 Å². The van der Waals surface area contributed by atoms with Gasteiger partial charge in [-0.25, -0.2) is 0 Å². The summed E-state index contributed by atoms with van der Waals surface area (Å²) in [4.78, 5) is 14.8. The van der Waals surface area contributed by atoms with Crippen LogP contribution in [-0.2, 0) is 6.42 Å². The Morgan fingerprint density at radius 2 is 1.77 bits per heavy atom. The number of hydrogen-bond donors (Lipinski definition) is 0. The van der Waals surface area contributed by atoms with E-state index < -0.39 is 0 Å². The lowest BCUT2D eigenvalue weighted by Crippen LogP contribution is -2.35. The van der Waals surface area contributed by atoms with Crippen LogP contribution in [0.1, 0.15) is 35.4 Å². The number of carbonyl (C=O) groups excluding carboxylic acids is 1. The average molecular weight is 346 g/mol. The number of carbonyl (C=O) groups is 1. The molecule has 0 N–H and O–H groups in total. The van der Waals surface area contributed by atoms with E-state index in [1.165, 1.54) is 0 Å². The van der Waals surface area contributed by atoms with Gasteiger partial charge in [0.1, 0.15) is 12.2 Å². The summed E-state index contributed by atoms with van der Waals surface area (Å²) in [7, 11) is 0. The number of likely N-dealkylation sites (tertiary alicyclic amines) is 1. The third kappa shape index (κ3) is 3.38. The molecular formula is C21H22N4O. The van der Waals surface area contributed by atoms with E-state index in [1.54, 1.807) is 6.33 Å². The molecule has 1 unspecified atom stereocenters. The fourth-order valence-electron chi connectivity index (χ4n) is 3.68. The number of rotatable bonds is 5. The maximum Gasteiger partial charge on any atom is 0.254 e. The highest BCUT2D eigenvalue weighted by molar-refractivity contribution is 5.94. The Labute approximate surface area is 153 Å². The number of aryl methyl sites for hydroxylation is 1. The largest absolute Gasteiger partial charge is 0.336 e. The number of hydrogen-bond acceptors (Lipinski definition) is 3. The molecule has 1 aromatic heterocycles. The monoisotopic (exact) mass is 346 g/mol. The van der Waals surface area contributed by atoms with Crippen molar-refractivity contribution in [1.82, 2.24) is 19.7 Å². The number of para-hydroxylation sites is 1. The highest BCUT2D eigenvalue weighted by atomic mass is 16.2. The van der Waals surface area contributed by atoms with Gasteiger partial charge in [0.05, 0.1) is 0 Å². The summed E-state index contributed by atoms with van der Waals surface area (Å²) in [6.45, 7) is 0.837. The van der Waals surface area contributed by atoms with E-state index in [2.05, 4.69) is 10.2 Å². The van der Waals surface area contributed by atoms with Crippen molar-refractivity contribution >= 4 is 5.91 Å². The van der Waals surface area contributed by atoms with Crippen molar-refractivity contribution < 1.29 is 4.79 Å². The van der Waals surface area contributed by atoms with Crippen molar-refractivity contribution in [1.29, 1.82) is 0 Å². The van der Waals surface area contributed by atoms with Gasteiger partial charge in [0, 0.05) is 30.3 Å². The van der Waals surface area contributed by atoms with Crippen molar-refractivity contribution in [3.8, 4) is 5.69 Å². The number of aromatic nitrogens is 3. The molecule has 26 heavy (non-hydrogen) atoms. The topological polar surface area (TPSA) is 51.0 Å². The van der Waals surface area contributed by atoms with E-state index in [4.69, 9.17) is 0 Å². The number of benzene rings is 2. The van der Waals surface area contributed by atoms with Gasteiger partial charge in [0.2, 0.25) is 0 Å². The van der Waals surface area contributed by atoms with Crippen molar-refractivity contribution in [3.63, 3.8) is 0 Å². The predicted molar refractivity (Wildman–Crippen MR) is 100 cm³/mol. The van der Waals surface area contributed by atoms with Crippen molar-refractivity contribution in [3.05, 3.63) is 78.4 Å². The first-order valence-electron chi connectivity index (χ1n) is 9.13. The molecule has 1 atom stereocenters. The summed E-state index contributed by atoms with van der Waals surface area (Å²) in [5.74, 6) is 1.08. The van der Waals surface area contributed by atoms with E-state index >= 15 is 0 Å². The molecule has 2 aromatic carbocycles. The summed E-state index contributed by atoms with van der Waals surface area (Å²) in [6, 6.07) is 19.9. The van der Waals surface area contributed by atoms with Crippen LogP contribution in [0.3, 0.4) is 0 Å². The Bertz CT molecular complexity index is 860. The zero-order valence-corrected chi connectivity index (χ0v) is 14.7. The van der Waals surface area contributed by atoms with Gasteiger partial charge in [0.15, 0.2) is 0 Å². The van der Waals surface area contributed by atoms with Crippen LogP contribution in [0.4, 0.5) is 0 Å². The van der Waals surface area contributed by atoms with Crippen LogP contribution in [0, 0.1) is 0 Å². The minimum absolute atomic E-state index is 0.137. The zero-order chi connectivity index (χ0) is 17.8. The molecule has 1 aliphatic heterocycles. The highest BCUT2D eigenvalue weighted by Crippen LogP contribution is 2.24. The van der Waals surface area contributed by atoms with Crippen LogP contribution >= 0.6 is 0 Å². The Balaban J connectivity index is 1.45. The van der Waals surface area contributed by atoms with Gasteiger partial charge in [-0.2, -0.15) is 0 Å². The second-order valence-corrected chi connectivity index (χ2v) is 6.65. The van der Waals surface area contributed by atoms with Gasteiger partial charge >= 0.3 is 0 Å². The standard InChI is InChI=1S/C21H22N4O/c26-21(17-8-3-1-4-9-17)24-15-7-12-19(24)13-14-20-23-22-16-25(20)18-10-5-2-6-11-18/h1-6,8-11,16,19H,7,12-15H2. The molecule has 3 aromatic rings. The first-order valence-corrected chi connectivity index (χ1v) is 9.13. The molecule has 0 radical (unpaired) electrons. The Morgan fingerprint density at radius 3 is 2.54 bits per heavy atom. The molecule has 2 heterocycles. The van der Waals surface area contributed by atoms with Gasteiger partial charge in [-0.3, -0.25) is 9.36 Å². The van der Waals surface area contributed by atoms with Crippen LogP contribution in [-0.4, -0.2) is 38.2 Å². The van der Waals surface area contributed by atoms with E-state index in [9.17, 15) is 4.79 Å². The van der Waals surface area contributed by atoms with Gasteiger partial charge in [-0.05, 0) is 43.5 Å². The second kappa shape index (κ2) is 7.52. The Morgan fingerprint density at radius 1 is 1.04 bits per heavy atom. The molecule has 1 saturated heterocycles. The van der Waals surface area contributed by atoms with Crippen molar-refractivity contribution in [2.24, 2.45) is 0 Å². The summed E-state index contributed by atoms with van der Waals surface area (Å²) < 4.78 is 2.03. The molecule has 0 bridgehead atoms. The quantitative estimate of drug-likeness (QED) is 0.710. The van der Waals surface area contributed by atoms with Crippen molar-refractivity contribution in [2.45, 2.75) is 31.7 Å². The molecule has 0 aliphatic carbocycles. The van der Waals surface area contributed by atoms with E-state index in [0.717, 1.165) is 49.3 Å². The van der Waals surface area contributed by atoms with Crippen LogP contribution in [0.15, 0.2) is 67.0 Å². The lowest BCUT2D eigenvalue weighted by Gasteiger charge is -2.24. The SMILES string of the molecule is O=C(c1ccccc1)N1CCCC1CCc1nncn1-c1ccccc1. The minimum Gasteiger partial charge on any atom is -0.336 e. The molecule has 0 spiro atoms. The Kier molecular flexibility index (Phi) is 4.78. The first kappa shape index (κ1) is 16.5. The van der Waals surface area contributed by atoms with Crippen LogP contribution in [0.2, 0.25) is 0 Å². The molecule has 5 nitrogen and oxygen atoms in total. The van der Waals surface area contributed by atoms with Gasteiger partial charge in [-0.1, -0.05) is 36.4 Å². The normalized spacial score (nSPS) is 16.8. The van der Waals surface area contributed by atoms with Crippen LogP contribution in [0.25, 0.3) is 5.69 Å². The third-order valence-electron chi connectivity index (χ3n) is 5.01. The maximum atomic E-state index is 12.8. The van der Waals surface area contributed by atoms with Crippen LogP contribution < -0.4 is 0 Å². The van der Waals surface area contributed by atoms with Crippen molar-refractivity contribution in [2.75, 3.05) is 6.54 Å². The fourth-order valence-corrected chi connectivity index (χ4v) is 3.68. The fraction of sp³-hybridized carbons (Fsp3) is 0.286. The number of nitrogens with zero attached hydrogens (tertiary/aromatic N) is 4.